The number of nitrogens with zero attached hydrogens (tertiary/aromatic N) is 1. The van der Waals surface area contributed by atoms with Gasteiger partial charge in [0.2, 0.25) is 17.7 Å². The van der Waals surface area contributed by atoms with Gasteiger partial charge in [-0.15, -0.1) is 0 Å². The monoisotopic (exact) mass is 314 g/mol. The van der Waals surface area contributed by atoms with Crippen molar-refractivity contribution < 1.29 is 14.4 Å². The molecule has 1 aliphatic carbocycles. The Kier molecular flexibility index (Phi) is 4.20. The SMILES string of the molecule is Cc1ccccc1C1(CNC(=O)CCN2C(=O)CCC2=O)CC1. The van der Waals surface area contributed by atoms with Crippen molar-refractivity contribution in [2.24, 2.45) is 0 Å². The highest BCUT2D eigenvalue weighted by Crippen LogP contribution is 2.48. The number of carbonyl (C=O) groups is 3. The molecule has 1 aromatic rings. The molecule has 0 atom stereocenters. The summed E-state index contributed by atoms with van der Waals surface area (Å²) in [5, 5.41) is 2.98. The van der Waals surface area contributed by atoms with Gasteiger partial charge in [0.1, 0.15) is 0 Å². The molecule has 0 spiro atoms. The standard InChI is InChI=1S/C18H22N2O3/c1-13-4-2-3-5-14(13)18(9-10-18)12-19-15(21)8-11-20-16(22)6-7-17(20)23/h2-5H,6-12H2,1H3,(H,19,21). The maximum atomic E-state index is 12.0. The maximum Gasteiger partial charge on any atom is 0.229 e. The number of amides is 3. The van der Waals surface area contributed by atoms with Gasteiger partial charge in [-0.25, -0.2) is 0 Å². The second kappa shape index (κ2) is 6.14. The summed E-state index contributed by atoms with van der Waals surface area (Å²) in [4.78, 5) is 36.3. The Morgan fingerprint density at radius 3 is 2.43 bits per heavy atom. The van der Waals surface area contributed by atoms with Crippen molar-refractivity contribution in [2.45, 2.75) is 44.4 Å². The number of rotatable bonds is 6. The van der Waals surface area contributed by atoms with Crippen molar-refractivity contribution >= 4 is 17.7 Å². The van der Waals surface area contributed by atoms with Crippen LogP contribution >= 0.6 is 0 Å². The summed E-state index contributed by atoms with van der Waals surface area (Å²) >= 11 is 0. The van der Waals surface area contributed by atoms with E-state index < -0.39 is 0 Å². The third-order valence-corrected chi connectivity index (χ3v) is 4.91. The Hall–Kier alpha value is -2.17. The van der Waals surface area contributed by atoms with Gasteiger partial charge in [-0.05, 0) is 30.9 Å². The summed E-state index contributed by atoms with van der Waals surface area (Å²) in [6.45, 7) is 2.92. The smallest absolute Gasteiger partial charge is 0.229 e. The topological polar surface area (TPSA) is 66.5 Å². The van der Waals surface area contributed by atoms with Crippen LogP contribution in [0.3, 0.4) is 0 Å². The number of carbonyl (C=O) groups excluding carboxylic acids is 3. The third kappa shape index (κ3) is 3.28. The molecule has 0 aromatic heterocycles. The second-order valence-electron chi connectivity index (χ2n) is 6.56. The zero-order chi connectivity index (χ0) is 16.4. The van der Waals surface area contributed by atoms with Crippen molar-refractivity contribution in [2.75, 3.05) is 13.1 Å². The molecule has 0 unspecified atom stereocenters. The second-order valence-corrected chi connectivity index (χ2v) is 6.56. The lowest BCUT2D eigenvalue weighted by molar-refractivity contribution is -0.138. The van der Waals surface area contributed by atoms with Gasteiger partial charge in [-0.1, -0.05) is 24.3 Å². The molecule has 1 saturated carbocycles. The van der Waals surface area contributed by atoms with E-state index in [1.165, 1.54) is 16.0 Å². The molecule has 0 bridgehead atoms. The first-order valence-electron chi connectivity index (χ1n) is 8.18. The van der Waals surface area contributed by atoms with Crippen molar-refractivity contribution in [3.8, 4) is 0 Å². The summed E-state index contributed by atoms with van der Waals surface area (Å²) in [6.07, 6.45) is 2.90. The van der Waals surface area contributed by atoms with Gasteiger partial charge in [0.25, 0.3) is 0 Å². The van der Waals surface area contributed by atoms with E-state index in [0.717, 1.165) is 12.8 Å². The summed E-state index contributed by atoms with van der Waals surface area (Å²) in [5.41, 5.74) is 2.64. The van der Waals surface area contributed by atoms with Crippen LogP contribution in [0.15, 0.2) is 24.3 Å². The zero-order valence-corrected chi connectivity index (χ0v) is 13.4. The van der Waals surface area contributed by atoms with E-state index in [0.29, 0.717) is 6.54 Å². The number of likely N-dealkylation sites (tertiary alicyclic amines) is 1. The minimum atomic E-state index is -0.165. The lowest BCUT2D eigenvalue weighted by atomic mass is 9.92. The number of nitrogens with one attached hydrogen (secondary N) is 1. The number of hydrogen-bond donors (Lipinski definition) is 1. The molecule has 1 N–H and O–H groups in total. The summed E-state index contributed by atoms with van der Waals surface area (Å²) in [7, 11) is 0. The first kappa shape index (κ1) is 15.7. The first-order chi connectivity index (χ1) is 11.0. The normalized spacial score (nSPS) is 19.1. The quantitative estimate of drug-likeness (QED) is 0.813. The predicted octanol–water partition coefficient (Wildman–Crippen LogP) is 1.68. The van der Waals surface area contributed by atoms with Crippen LogP contribution in [0.1, 0.15) is 43.2 Å². The van der Waals surface area contributed by atoms with E-state index in [1.807, 2.05) is 12.1 Å². The third-order valence-electron chi connectivity index (χ3n) is 4.91. The number of benzene rings is 1. The molecule has 5 heteroatoms. The van der Waals surface area contributed by atoms with Crippen molar-refractivity contribution in [3.63, 3.8) is 0 Å². The van der Waals surface area contributed by atoms with Gasteiger partial charge in [-0.3, -0.25) is 19.3 Å². The number of aryl methyl sites for hydroxylation is 1. The number of imide groups is 1. The Balaban J connectivity index is 1.51. The first-order valence-corrected chi connectivity index (χ1v) is 8.18. The van der Waals surface area contributed by atoms with Gasteiger partial charge in [0, 0.05) is 37.8 Å². The van der Waals surface area contributed by atoms with Crippen LogP contribution in [0.25, 0.3) is 0 Å². The summed E-state index contributed by atoms with van der Waals surface area (Å²) in [6, 6.07) is 8.30. The summed E-state index contributed by atoms with van der Waals surface area (Å²) in [5.74, 6) is -0.430. The van der Waals surface area contributed by atoms with Crippen LogP contribution in [0.5, 0.6) is 0 Å². The van der Waals surface area contributed by atoms with Crippen LogP contribution in [0.2, 0.25) is 0 Å². The Morgan fingerprint density at radius 2 is 1.83 bits per heavy atom. The molecule has 1 aromatic carbocycles. The van der Waals surface area contributed by atoms with Gasteiger partial charge < -0.3 is 5.32 Å². The fourth-order valence-electron chi connectivity index (χ4n) is 3.30. The molecule has 2 fully saturated rings. The predicted molar refractivity (Wildman–Crippen MR) is 85.7 cm³/mol. The molecule has 5 nitrogen and oxygen atoms in total. The van der Waals surface area contributed by atoms with E-state index in [-0.39, 0.29) is 48.9 Å². The molecule has 1 heterocycles. The van der Waals surface area contributed by atoms with Gasteiger partial charge >= 0.3 is 0 Å². The maximum absolute atomic E-state index is 12.0. The lowest BCUT2D eigenvalue weighted by Gasteiger charge is -2.19. The summed E-state index contributed by atoms with van der Waals surface area (Å²) < 4.78 is 0. The van der Waals surface area contributed by atoms with Crippen molar-refractivity contribution in [3.05, 3.63) is 35.4 Å². The molecular weight excluding hydrogens is 292 g/mol. The molecule has 0 radical (unpaired) electrons. The molecule has 2 aliphatic rings. The molecular formula is C18H22N2O3. The largest absolute Gasteiger partial charge is 0.355 e. The van der Waals surface area contributed by atoms with Crippen LogP contribution < -0.4 is 5.32 Å². The Bertz CT molecular complexity index is 633. The van der Waals surface area contributed by atoms with Gasteiger partial charge in [0.05, 0.1) is 0 Å². The van der Waals surface area contributed by atoms with Gasteiger partial charge in [0.15, 0.2) is 0 Å². The molecule has 122 valence electrons. The number of hydrogen-bond acceptors (Lipinski definition) is 3. The van der Waals surface area contributed by atoms with Crippen LogP contribution in [-0.4, -0.2) is 35.7 Å². The highest BCUT2D eigenvalue weighted by atomic mass is 16.2. The zero-order valence-electron chi connectivity index (χ0n) is 13.4. The highest BCUT2D eigenvalue weighted by molar-refractivity contribution is 6.02. The van der Waals surface area contributed by atoms with E-state index in [2.05, 4.69) is 24.4 Å². The Labute approximate surface area is 136 Å². The van der Waals surface area contributed by atoms with Crippen LogP contribution in [0.4, 0.5) is 0 Å². The average molecular weight is 314 g/mol. The fraction of sp³-hybridized carbons (Fsp3) is 0.500. The van der Waals surface area contributed by atoms with Crippen molar-refractivity contribution in [1.82, 2.24) is 10.2 Å². The average Bonchev–Trinajstić information content (AvgIpc) is 3.25. The van der Waals surface area contributed by atoms with Gasteiger partial charge in [-0.2, -0.15) is 0 Å². The van der Waals surface area contributed by atoms with E-state index in [4.69, 9.17) is 0 Å². The Morgan fingerprint density at radius 1 is 1.17 bits per heavy atom. The van der Waals surface area contributed by atoms with Crippen LogP contribution in [-0.2, 0) is 19.8 Å². The molecule has 1 saturated heterocycles. The van der Waals surface area contributed by atoms with E-state index >= 15 is 0 Å². The molecule has 3 amide bonds. The molecule has 1 aliphatic heterocycles. The van der Waals surface area contributed by atoms with Crippen LogP contribution in [0, 0.1) is 6.92 Å². The minimum absolute atomic E-state index is 0.0697. The van der Waals surface area contributed by atoms with Crippen molar-refractivity contribution in [1.29, 1.82) is 0 Å². The van der Waals surface area contributed by atoms with E-state index in [1.54, 1.807) is 0 Å². The minimum Gasteiger partial charge on any atom is -0.355 e. The highest BCUT2D eigenvalue weighted by Gasteiger charge is 2.45. The van der Waals surface area contributed by atoms with E-state index in [9.17, 15) is 14.4 Å². The lowest BCUT2D eigenvalue weighted by Crippen LogP contribution is -2.36. The molecule has 23 heavy (non-hydrogen) atoms. The molecule has 3 rings (SSSR count). The fourth-order valence-corrected chi connectivity index (χ4v) is 3.30.